The molecule has 0 saturated heterocycles. The fourth-order valence-electron chi connectivity index (χ4n) is 0.0752. The first-order valence-corrected chi connectivity index (χ1v) is 8.79. The Kier molecular flexibility index (Phi) is 5.48. The van der Waals surface area contributed by atoms with E-state index in [2.05, 4.69) is 0 Å². The second-order valence-electron chi connectivity index (χ2n) is 0.767. The van der Waals surface area contributed by atoms with Gasteiger partial charge >= 0.3 is 66.6 Å². The van der Waals surface area contributed by atoms with Gasteiger partial charge < -0.3 is 0 Å². The SMILES string of the molecule is O=C(O)S[Te]SC(=O)O. The second-order valence-corrected chi connectivity index (χ2v) is 8.69. The van der Waals surface area contributed by atoms with E-state index in [0.29, 0.717) is 18.0 Å². The molecule has 0 unspecified atom stereocenters. The third kappa shape index (κ3) is 8.43. The minimum absolute atomic E-state index is 0.688. The molecule has 0 saturated carbocycles. The van der Waals surface area contributed by atoms with Crippen molar-refractivity contribution in [2.24, 2.45) is 0 Å². The molecule has 9 heavy (non-hydrogen) atoms. The van der Waals surface area contributed by atoms with Crippen LogP contribution in [-0.4, -0.2) is 39.0 Å². The molecule has 0 aromatic carbocycles. The van der Waals surface area contributed by atoms with Gasteiger partial charge in [0.15, 0.2) is 0 Å². The molecule has 0 aromatic heterocycles. The van der Waals surface area contributed by atoms with Crippen LogP contribution < -0.4 is 0 Å². The molecule has 0 aromatic rings. The number of carbonyl (C=O) groups is 2. The van der Waals surface area contributed by atoms with Gasteiger partial charge in [0.05, 0.1) is 0 Å². The number of hydrogen-bond donors (Lipinski definition) is 2. The zero-order valence-corrected chi connectivity index (χ0v) is 7.90. The number of carboxylic acid groups (broad SMARTS) is 2. The van der Waals surface area contributed by atoms with Crippen LogP contribution in [0, 0.1) is 0 Å². The molecule has 0 rings (SSSR count). The summed E-state index contributed by atoms with van der Waals surface area (Å²) in [5, 5.41) is 14.0. The Labute approximate surface area is 66.4 Å². The van der Waals surface area contributed by atoms with Crippen LogP contribution in [0.25, 0.3) is 0 Å². The molecule has 52 valence electrons. The van der Waals surface area contributed by atoms with Gasteiger partial charge in [-0.2, -0.15) is 0 Å². The first kappa shape index (κ1) is 9.43. The van der Waals surface area contributed by atoms with Gasteiger partial charge in [-0.1, -0.05) is 0 Å². The Hall–Kier alpha value is 0.430. The second kappa shape index (κ2) is 5.23. The van der Waals surface area contributed by atoms with E-state index in [-0.39, 0.29) is 0 Å². The summed E-state index contributed by atoms with van der Waals surface area (Å²) in [5.41, 5.74) is 0. The predicted octanol–water partition coefficient (Wildman–Crippen LogP) is 1.34. The van der Waals surface area contributed by atoms with E-state index in [1.165, 1.54) is 0 Å². The summed E-state index contributed by atoms with van der Waals surface area (Å²) in [4.78, 5) is 19.5. The third-order valence-corrected chi connectivity index (χ3v) is 6.98. The van der Waals surface area contributed by atoms with Crippen LogP contribution in [0.4, 0.5) is 9.59 Å². The Morgan fingerprint density at radius 2 is 1.44 bits per heavy atom. The van der Waals surface area contributed by atoms with Crippen molar-refractivity contribution in [3.8, 4) is 0 Å². The summed E-state index contributed by atoms with van der Waals surface area (Å²) in [6, 6.07) is 0. The summed E-state index contributed by atoms with van der Waals surface area (Å²) < 4.78 is 0. The quantitative estimate of drug-likeness (QED) is 0.744. The van der Waals surface area contributed by atoms with Gasteiger partial charge in [0.2, 0.25) is 0 Å². The Morgan fingerprint density at radius 1 is 1.11 bits per heavy atom. The fraction of sp³-hybridized carbons (Fsp3) is 0. The van der Waals surface area contributed by atoms with Gasteiger partial charge in [-0.15, -0.1) is 0 Å². The first-order valence-electron chi connectivity index (χ1n) is 1.60. The molecule has 4 nitrogen and oxygen atoms in total. The molecule has 0 heterocycles. The maximum absolute atomic E-state index is 9.77. The van der Waals surface area contributed by atoms with Gasteiger partial charge in [-0.3, -0.25) is 0 Å². The summed E-state index contributed by atoms with van der Waals surface area (Å²) in [5.74, 6) is 0. The summed E-state index contributed by atoms with van der Waals surface area (Å²) in [6.45, 7) is 0. The van der Waals surface area contributed by atoms with Crippen LogP contribution in [0.2, 0.25) is 0 Å². The summed E-state index contributed by atoms with van der Waals surface area (Å²) >= 11 is -0.979. The fourth-order valence-corrected chi connectivity index (χ4v) is 4.54. The van der Waals surface area contributed by atoms with Gasteiger partial charge in [0.25, 0.3) is 0 Å². The van der Waals surface area contributed by atoms with E-state index in [0.717, 1.165) is 0 Å². The minimum atomic E-state index is -0.994. The van der Waals surface area contributed by atoms with E-state index < -0.39 is 28.8 Å². The summed E-state index contributed by atoms with van der Waals surface area (Å²) in [6.07, 6.45) is 0. The van der Waals surface area contributed by atoms with E-state index >= 15 is 0 Å². The average molecular weight is 282 g/mol. The van der Waals surface area contributed by atoms with Crippen molar-refractivity contribution >= 4 is 46.8 Å². The van der Waals surface area contributed by atoms with Crippen molar-refractivity contribution in [1.82, 2.24) is 0 Å². The number of rotatable bonds is 2. The zero-order valence-electron chi connectivity index (χ0n) is 3.94. The maximum atomic E-state index is 9.77. The molecular weight excluding hydrogens is 280 g/mol. The number of hydrogen-bond acceptors (Lipinski definition) is 4. The standard InChI is InChI=1S/C2H2O4S2Te/c3-1(4)7-9-8-2(5)6/h(H,3,4)(H,5,6). The monoisotopic (exact) mass is 284 g/mol. The van der Waals surface area contributed by atoms with Crippen LogP contribution in [0.1, 0.15) is 0 Å². The molecule has 0 aliphatic heterocycles. The van der Waals surface area contributed by atoms with Gasteiger partial charge in [-0.05, 0) is 0 Å². The predicted molar refractivity (Wildman–Crippen MR) is 37.0 cm³/mol. The van der Waals surface area contributed by atoms with E-state index in [1.807, 2.05) is 0 Å². The zero-order chi connectivity index (χ0) is 7.28. The first-order chi connectivity index (χ1) is 4.13. The van der Waals surface area contributed by atoms with E-state index in [1.54, 1.807) is 0 Å². The topological polar surface area (TPSA) is 74.6 Å². The molecule has 0 aliphatic rings. The molecule has 0 aliphatic carbocycles. The molecule has 0 amide bonds. The van der Waals surface area contributed by atoms with Crippen LogP contribution in [-0.2, 0) is 0 Å². The molecule has 0 spiro atoms. The molecule has 7 heteroatoms. The molecule has 0 radical (unpaired) electrons. The normalized spacial score (nSPS) is 8.89. The molecule has 0 atom stereocenters. The van der Waals surface area contributed by atoms with Crippen molar-refractivity contribution in [3.05, 3.63) is 0 Å². The van der Waals surface area contributed by atoms with Crippen LogP contribution in [0.15, 0.2) is 0 Å². The van der Waals surface area contributed by atoms with E-state index in [9.17, 15) is 9.59 Å². The van der Waals surface area contributed by atoms with Crippen LogP contribution in [0.3, 0.4) is 0 Å². The third-order valence-electron chi connectivity index (χ3n) is 0.211. The molecule has 2 N–H and O–H groups in total. The van der Waals surface area contributed by atoms with Crippen LogP contribution in [0.5, 0.6) is 0 Å². The van der Waals surface area contributed by atoms with E-state index in [4.69, 9.17) is 10.2 Å². The van der Waals surface area contributed by atoms with Gasteiger partial charge in [-0.25, -0.2) is 0 Å². The molecule has 0 fully saturated rings. The van der Waals surface area contributed by atoms with Crippen molar-refractivity contribution in [1.29, 1.82) is 0 Å². The average Bonchev–Trinajstić information content (AvgIpc) is 1.63. The summed E-state index contributed by atoms with van der Waals surface area (Å²) in [7, 11) is 1.38. The molecular formula is C2H2O4S2Te. The van der Waals surface area contributed by atoms with Crippen molar-refractivity contribution < 1.29 is 19.8 Å². The van der Waals surface area contributed by atoms with Gasteiger partial charge in [0.1, 0.15) is 0 Å². The Morgan fingerprint density at radius 3 is 1.67 bits per heavy atom. The van der Waals surface area contributed by atoms with Crippen molar-refractivity contribution in [2.45, 2.75) is 0 Å². The van der Waals surface area contributed by atoms with Crippen LogP contribution >= 0.6 is 18.0 Å². The van der Waals surface area contributed by atoms with Crippen molar-refractivity contribution in [2.75, 3.05) is 0 Å². The van der Waals surface area contributed by atoms with Crippen molar-refractivity contribution in [3.63, 3.8) is 0 Å². The molecule has 0 bridgehead atoms. The van der Waals surface area contributed by atoms with Gasteiger partial charge in [0, 0.05) is 0 Å². The Bertz CT molecular complexity index is 112. The Balaban J connectivity index is 3.10.